The number of fused-ring (bicyclic) bond motifs is 1. The minimum absolute atomic E-state index is 0.177. The molecule has 0 aliphatic heterocycles. The molecule has 3 fully saturated rings. The first-order valence-electron chi connectivity index (χ1n) is 9.80. The summed E-state index contributed by atoms with van der Waals surface area (Å²) in [4.78, 5) is 0. The lowest BCUT2D eigenvalue weighted by Gasteiger charge is -2.50. The summed E-state index contributed by atoms with van der Waals surface area (Å²) in [6, 6.07) is 0. The van der Waals surface area contributed by atoms with Crippen molar-refractivity contribution in [1.82, 2.24) is 0 Å². The van der Waals surface area contributed by atoms with E-state index in [1.54, 1.807) is 0 Å². The van der Waals surface area contributed by atoms with Crippen LogP contribution in [0.1, 0.15) is 72.1 Å². The van der Waals surface area contributed by atoms with Gasteiger partial charge in [0.1, 0.15) is 0 Å². The lowest BCUT2D eigenvalue weighted by atomic mass is 9.57. The Balaban J connectivity index is 1.86. The molecule has 3 nitrogen and oxygen atoms in total. The second-order valence-corrected chi connectivity index (χ2v) is 9.10. The maximum atomic E-state index is 9.88. The molecule has 0 saturated heterocycles. The molecule has 0 bridgehead atoms. The van der Waals surface area contributed by atoms with Crippen LogP contribution in [-0.4, -0.2) is 28.0 Å². The Labute approximate surface area is 147 Å². The van der Waals surface area contributed by atoms with Crippen molar-refractivity contribution < 1.29 is 10.2 Å². The molecule has 4 N–H and O–H groups in total. The number of aliphatic hydroxyl groups is 2. The number of nitrogens with two attached hydrogens (primary N) is 1. The summed E-state index contributed by atoms with van der Waals surface area (Å²) >= 11 is 0. The smallest absolute Gasteiger partial charge is 0.0602 e. The average molecular weight is 334 g/mol. The van der Waals surface area contributed by atoms with Crippen molar-refractivity contribution in [1.29, 1.82) is 0 Å². The molecular weight excluding hydrogens is 298 g/mol. The Hall–Kier alpha value is -0.640. The second-order valence-electron chi connectivity index (χ2n) is 9.10. The van der Waals surface area contributed by atoms with Crippen molar-refractivity contribution in [2.24, 2.45) is 23.0 Å². The maximum absolute atomic E-state index is 9.88. The zero-order valence-electron chi connectivity index (χ0n) is 15.6. The molecule has 3 heteroatoms. The molecule has 5 atom stereocenters. The van der Waals surface area contributed by atoms with Gasteiger partial charge in [-0.3, -0.25) is 0 Å². The van der Waals surface area contributed by atoms with Gasteiger partial charge in [-0.2, -0.15) is 0 Å². The van der Waals surface area contributed by atoms with Crippen LogP contribution in [0.4, 0.5) is 0 Å². The van der Waals surface area contributed by atoms with Gasteiger partial charge in [-0.15, -0.1) is 0 Å². The monoisotopic (exact) mass is 333 g/mol. The summed E-state index contributed by atoms with van der Waals surface area (Å²) in [5, 5.41) is 19.8. The highest BCUT2D eigenvalue weighted by Crippen LogP contribution is 2.60. The van der Waals surface area contributed by atoms with Crippen molar-refractivity contribution >= 4 is 0 Å². The van der Waals surface area contributed by atoms with Crippen LogP contribution in [0.15, 0.2) is 23.3 Å². The first-order chi connectivity index (χ1) is 11.3. The fourth-order valence-electron chi connectivity index (χ4n) is 5.95. The third-order valence-corrected chi connectivity index (χ3v) is 7.27. The highest BCUT2D eigenvalue weighted by Gasteiger charge is 2.58. The summed E-state index contributed by atoms with van der Waals surface area (Å²) < 4.78 is 0. The Morgan fingerprint density at radius 3 is 2.42 bits per heavy atom. The summed E-state index contributed by atoms with van der Waals surface area (Å²) in [7, 11) is 0. The lowest BCUT2D eigenvalue weighted by molar-refractivity contribution is 0.0609. The molecule has 0 heterocycles. The molecule has 0 amide bonds. The summed E-state index contributed by atoms with van der Waals surface area (Å²) in [6.07, 6.45) is 11.3. The number of hydrogen-bond donors (Lipinski definition) is 3. The molecule has 3 rings (SSSR count). The highest BCUT2D eigenvalue weighted by atomic mass is 16.3. The van der Waals surface area contributed by atoms with Crippen LogP contribution < -0.4 is 5.73 Å². The Morgan fingerprint density at radius 1 is 1.12 bits per heavy atom. The van der Waals surface area contributed by atoms with Crippen LogP contribution in [0, 0.1) is 17.3 Å². The van der Waals surface area contributed by atoms with E-state index in [1.165, 1.54) is 24.8 Å². The van der Waals surface area contributed by atoms with E-state index in [1.807, 2.05) is 0 Å². The van der Waals surface area contributed by atoms with Crippen LogP contribution in [0.5, 0.6) is 0 Å². The van der Waals surface area contributed by atoms with E-state index < -0.39 is 12.2 Å². The van der Waals surface area contributed by atoms with Crippen molar-refractivity contribution in [2.75, 3.05) is 0 Å². The Kier molecular flexibility index (Phi) is 4.98. The fraction of sp³-hybridized carbons (Fsp3) is 0.810. The van der Waals surface area contributed by atoms with Crippen molar-refractivity contribution in [3.05, 3.63) is 23.3 Å². The molecule has 0 radical (unpaired) electrons. The lowest BCUT2D eigenvalue weighted by Crippen LogP contribution is -2.56. The molecule has 0 aromatic heterocycles. The van der Waals surface area contributed by atoms with E-state index in [0.29, 0.717) is 31.1 Å². The molecule has 0 aromatic rings. The van der Waals surface area contributed by atoms with Crippen LogP contribution in [-0.2, 0) is 0 Å². The third-order valence-electron chi connectivity index (χ3n) is 7.27. The molecule has 0 aromatic carbocycles. The number of rotatable bonds is 2. The zero-order chi connectivity index (χ0) is 17.5. The first kappa shape index (κ1) is 18.2. The van der Waals surface area contributed by atoms with Gasteiger partial charge in [-0.25, -0.2) is 0 Å². The zero-order valence-corrected chi connectivity index (χ0v) is 15.6. The molecule has 136 valence electrons. The topological polar surface area (TPSA) is 66.5 Å². The predicted molar refractivity (Wildman–Crippen MR) is 98.5 cm³/mol. The minimum atomic E-state index is -0.404. The molecule has 3 aliphatic carbocycles. The van der Waals surface area contributed by atoms with E-state index in [-0.39, 0.29) is 11.0 Å². The molecule has 3 aliphatic rings. The fourth-order valence-corrected chi connectivity index (χ4v) is 5.95. The van der Waals surface area contributed by atoms with Gasteiger partial charge in [0.05, 0.1) is 12.2 Å². The van der Waals surface area contributed by atoms with E-state index in [0.717, 1.165) is 18.4 Å². The van der Waals surface area contributed by atoms with Gasteiger partial charge < -0.3 is 15.9 Å². The van der Waals surface area contributed by atoms with Crippen LogP contribution in [0.2, 0.25) is 0 Å². The largest absolute Gasteiger partial charge is 0.393 e. The normalized spacial score (nSPS) is 44.9. The van der Waals surface area contributed by atoms with Gasteiger partial charge in [-0.1, -0.05) is 38.5 Å². The number of allylic oxidation sites excluding steroid dienone is 2. The minimum Gasteiger partial charge on any atom is -0.393 e. The first-order valence-corrected chi connectivity index (χ1v) is 9.80. The second kappa shape index (κ2) is 6.59. The van der Waals surface area contributed by atoms with E-state index in [9.17, 15) is 10.2 Å². The quantitative estimate of drug-likeness (QED) is 0.722. The van der Waals surface area contributed by atoms with E-state index in [2.05, 4.69) is 32.9 Å². The predicted octanol–water partition coefficient (Wildman–Crippen LogP) is 3.70. The SMILES string of the molecule is CC(C)C1CC[C@@]2(N)/C(=C/C=C3C[C@@H](O)C[C@H](O)C3)CCC[C@]12C. The molecular formula is C21H35NO2. The van der Waals surface area contributed by atoms with Crippen molar-refractivity contribution in [3.8, 4) is 0 Å². The van der Waals surface area contributed by atoms with E-state index in [4.69, 9.17) is 5.73 Å². The van der Waals surface area contributed by atoms with Gasteiger partial charge in [0.15, 0.2) is 0 Å². The summed E-state index contributed by atoms with van der Waals surface area (Å²) in [5.41, 5.74) is 9.62. The van der Waals surface area contributed by atoms with Crippen LogP contribution >= 0.6 is 0 Å². The maximum Gasteiger partial charge on any atom is 0.0602 e. The summed E-state index contributed by atoms with van der Waals surface area (Å²) in [6.45, 7) is 7.10. The van der Waals surface area contributed by atoms with Gasteiger partial charge in [-0.05, 0) is 74.2 Å². The standard InChI is InChI=1S/C21H35NO2/c1-14(2)19-8-10-21(22)16(5-4-9-20(19,21)3)7-6-15-11-17(23)13-18(24)12-15/h6-7,14,17-19,23-24H,4-5,8-13,22H2,1-3H3/b16-7+/t17-,18-,19?,20-,21-/m1/s1. The Bertz CT molecular complexity index is 526. The van der Waals surface area contributed by atoms with Gasteiger partial charge in [0.2, 0.25) is 0 Å². The molecule has 3 saturated carbocycles. The summed E-state index contributed by atoms with van der Waals surface area (Å²) in [5.74, 6) is 1.39. The highest BCUT2D eigenvalue weighted by molar-refractivity contribution is 5.34. The van der Waals surface area contributed by atoms with Gasteiger partial charge >= 0.3 is 0 Å². The number of aliphatic hydroxyl groups excluding tert-OH is 2. The third kappa shape index (κ3) is 3.00. The van der Waals surface area contributed by atoms with Gasteiger partial charge in [0, 0.05) is 5.54 Å². The van der Waals surface area contributed by atoms with Crippen molar-refractivity contribution in [3.63, 3.8) is 0 Å². The number of hydrogen-bond acceptors (Lipinski definition) is 3. The average Bonchev–Trinajstić information content (AvgIpc) is 2.76. The van der Waals surface area contributed by atoms with E-state index >= 15 is 0 Å². The molecule has 0 spiro atoms. The van der Waals surface area contributed by atoms with Crippen LogP contribution in [0.3, 0.4) is 0 Å². The molecule has 1 unspecified atom stereocenters. The van der Waals surface area contributed by atoms with Crippen molar-refractivity contribution in [2.45, 2.75) is 89.9 Å². The Morgan fingerprint density at radius 2 is 1.79 bits per heavy atom. The van der Waals surface area contributed by atoms with Gasteiger partial charge in [0.25, 0.3) is 0 Å². The van der Waals surface area contributed by atoms with Crippen LogP contribution in [0.25, 0.3) is 0 Å². The molecule has 24 heavy (non-hydrogen) atoms.